The van der Waals surface area contributed by atoms with Crippen LogP contribution in [0, 0.1) is 26.1 Å². The Labute approximate surface area is 145 Å². The van der Waals surface area contributed by atoms with E-state index in [-0.39, 0.29) is 23.6 Å². The summed E-state index contributed by atoms with van der Waals surface area (Å²) >= 11 is 0. The summed E-state index contributed by atoms with van der Waals surface area (Å²) in [6.45, 7) is 1.98. The first-order chi connectivity index (χ1) is 11.9. The van der Waals surface area contributed by atoms with E-state index < -0.39 is 21.2 Å². The van der Waals surface area contributed by atoms with Gasteiger partial charge in [-0.15, -0.1) is 0 Å². The van der Waals surface area contributed by atoms with Gasteiger partial charge in [-0.2, -0.15) is 0 Å². The van der Waals surface area contributed by atoms with Crippen molar-refractivity contribution in [1.29, 1.82) is 0 Å². The summed E-state index contributed by atoms with van der Waals surface area (Å²) in [5, 5.41) is 22.2. The molecule has 2 fully saturated rings. The molecule has 1 amide bonds. The van der Waals surface area contributed by atoms with Crippen molar-refractivity contribution in [3.63, 3.8) is 0 Å². The van der Waals surface area contributed by atoms with Crippen LogP contribution in [0.1, 0.15) is 55.8 Å². The second-order valence-electron chi connectivity index (χ2n) is 7.00. The highest BCUT2D eigenvalue weighted by Crippen LogP contribution is 2.39. The van der Waals surface area contributed by atoms with Gasteiger partial charge >= 0.3 is 0 Å². The van der Waals surface area contributed by atoms with Crippen molar-refractivity contribution < 1.29 is 14.6 Å². The predicted molar refractivity (Wildman–Crippen MR) is 90.4 cm³/mol. The van der Waals surface area contributed by atoms with Crippen molar-refractivity contribution in [3.8, 4) is 0 Å². The van der Waals surface area contributed by atoms with Crippen LogP contribution in [0.25, 0.3) is 0 Å². The molecule has 1 aliphatic carbocycles. The molecule has 25 heavy (non-hydrogen) atoms. The summed E-state index contributed by atoms with van der Waals surface area (Å²) in [6.07, 6.45) is 6.23. The number of carbonyl (C=O) groups is 1. The molecule has 3 rings (SSSR count). The van der Waals surface area contributed by atoms with Crippen LogP contribution in [0.5, 0.6) is 0 Å². The fourth-order valence-corrected chi connectivity index (χ4v) is 4.24. The minimum absolute atomic E-state index is 0.0268. The molecule has 0 unspecified atom stereocenters. The van der Waals surface area contributed by atoms with Crippen LogP contribution < -0.4 is 0 Å². The number of piperidine rings is 1. The lowest BCUT2D eigenvalue weighted by atomic mass is 9.76. The first-order valence-corrected chi connectivity index (χ1v) is 8.65. The van der Waals surface area contributed by atoms with Gasteiger partial charge in [0.2, 0.25) is 0 Å². The average molecular weight is 347 g/mol. The SMILES string of the molecule is C[C@@H]1CC[C@H]2CCCC[C@H]2N1C(=O)c1cc([N+](=O)[O-])cc([N+](=O)[O-])c1. The summed E-state index contributed by atoms with van der Waals surface area (Å²) in [5.74, 6) is 0.124. The fourth-order valence-electron chi connectivity index (χ4n) is 4.24. The summed E-state index contributed by atoms with van der Waals surface area (Å²) in [5.41, 5.74) is -0.830. The zero-order valence-electron chi connectivity index (χ0n) is 14.1. The average Bonchev–Trinajstić information content (AvgIpc) is 2.60. The van der Waals surface area contributed by atoms with Crippen LogP contribution in [0.3, 0.4) is 0 Å². The molecule has 0 radical (unpaired) electrons. The number of amides is 1. The Hall–Kier alpha value is -2.51. The van der Waals surface area contributed by atoms with Crippen molar-refractivity contribution in [2.75, 3.05) is 0 Å². The van der Waals surface area contributed by atoms with Crippen molar-refractivity contribution in [3.05, 3.63) is 44.0 Å². The van der Waals surface area contributed by atoms with Crippen LogP contribution >= 0.6 is 0 Å². The molecule has 1 saturated carbocycles. The van der Waals surface area contributed by atoms with Crippen LogP contribution in [0.2, 0.25) is 0 Å². The molecule has 0 aromatic heterocycles. The van der Waals surface area contributed by atoms with Crippen LogP contribution in [-0.4, -0.2) is 32.7 Å². The highest BCUT2D eigenvalue weighted by atomic mass is 16.6. The van der Waals surface area contributed by atoms with Gasteiger partial charge < -0.3 is 4.90 Å². The van der Waals surface area contributed by atoms with E-state index in [0.717, 1.165) is 50.3 Å². The lowest BCUT2D eigenvalue weighted by molar-refractivity contribution is -0.394. The van der Waals surface area contributed by atoms with E-state index in [1.807, 2.05) is 11.8 Å². The Kier molecular flexibility index (Phi) is 4.69. The minimum Gasteiger partial charge on any atom is -0.333 e. The molecule has 1 aromatic carbocycles. The molecule has 1 aromatic rings. The lowest BCUT2D eigenvalue weighted by Crippen LogP contribution is -2.53. The maximum Gasteiger partial charge on any atom is 0.277 e. The number of non-ortho nitro benzene ring substituents is 2. The van der Waals surface area contributed by atoms with E-state index in [9.17, 15) is 25.0 Å². The number of nitrogens with zero attached hydrogens (tertiary/aromatic N) is 3. The number of fused-ring (bicyclic) bond motifs is 1. The van der Waals surface area contributed by atoms with E-state index in [4.69, 9.17) is 0 Å². The van der Waals surface area contributed by atoms with E-state index in [2.05, 4.69) is 0 Å². The van der Waals surface area contributed by atoms with E-state index in [0.29, 0.717) is 5.92 Å². The summed E-state index contributed by atoms with van der Waals surface area (Å²) in [6, 6.07) is 3.34. The van der Waals surface area contributed by atoms with Gasteiger partial charge in [0.05, 0.1) is 21.5 Å². The normalized spacial score (nSPS) is 26.0. The third-order valence-corrected chi connectivity index (χ3v) is 5.46. The van der Waals surface area contributed by atoms with Gasteiger partial charge in [-0.25, -0.2) is 0 Å². The van der Waals surface area contributed by atoms with Crippen LogP contribution in [0.15, 0.2) is 18.2 Å². The Morgan fingerprint density at radius 1 is 1.00 bits per heavy atom. The number of hydrogen-bond acceptors (Lipinski definition) is 5. The molecule has 0 N–H and O–H groups in total. The van der Waals surface area contributed by atoms with Crippen LogP contribution in [0.4, 0.5) is 11.4 Å². The summed E-state index contributed by atoms with van der Waals surface area (Å²) < 4.78 is 0. The van der Waals surface area contributed by atoms with Gasteiger partial charge in [0.15, 0.2) is 0 Å². The predicted octanol–water partition coefficient (Wildman–Crippen LogP) is 3.69. The number of rotatable bonds is 3. The topological polar surface area (TPSA) is 107 Å². The van der Waals surface area contributed by atoms with Crippen molar-refractivity contribution in [2.24, 2.45) is 5.92 Å². The maximum absolute atomic E-state index is 13.1. The molecule has 2 aliphatic rings. The maximum atomic E-state index is 13.1. The molecule has 1 saturated heterocycles. The minimum atomic E-state index is -0.702. The standard InChI is InChI=1S/C17H21N3O5/c1-11-6-7-12-4-2-3-5-16(12)18(11)17(21)13-8-14(19(22)23)10-15(9-13)20(24)25/h8-12,16H,2-7H2,1H3/t11-,12-,16-/m1/s1. The van der Waals surface area contributed by atoms with E-state index in [1.54, 1.807) is 0 Å². The number of nitro groups is 2. The molecule has 8 heteroatoms. The Morgan fingerprint density at radius 3 is 2.20 bits per heavy atom. The van der Waals surface area contributed by atoms with Gasteiger partial charge in [-0.05, 0) is 38.5 Å². The molecular weight excluding hydrogens is 326 g/mol. The van der Waals surface area contributed by atoms with Crippen molar-refractivity contribution in [2.45, 2.75) is 57.5 Å². The molecule has 1 heterocycles. The molecule has 0 spiro atoms. The zero-order valence-corrected chi connectivity index (χ0v) is 14.1. The number of nitro benzene ring substituents is 2. The zero-order chi connectivity index (χ0) is 18.1. The van der Waals surface area contributed by atoms with Crippen molar-refractivity contribution >= 4 is 17.3 Å². The highest BCUT2D eigenvalue weighted by molar-refractivity contribution is 5.96. The Balaban J connectivity index is 1.98. The molecule has 1 aliphatic heterocycles. The number of hydrogen-bond donors (Lipinski definition) is 0. The number of likely N-dealkylation sites (tertiary alicyclic amines) is 1. The second kappa shape index (κ2) is 6.78. The highest BCUT2D eigenvalue weighted by Gasteiger charge is 2.40. The quantitative estimate of drug-likeness (QED) is 0.612. The van der Waals surface area contributed by atoms with Gasteiger partial charge in [0, 0.05) is 24.2 Å². The third-order valence-electron chi connectivity index (χ3n) is 5.46. The summed E-state index contributed by atoms with van der Waals surface area (Å²) in [7, 11) is 0. The molecule has 8 nitrogen and oxygen atoms in total. The van der Waals surface area contributed by atoms with Gasteiger partial charge in [0.25, 0.3) is 17.3 Å². The molecule has 134 valence electrons. The van der Waals surface area contributed by atoms with Crippen LogP contribution in [-0.2, 0) is 0 Å². The monoisotopic (exact) mass is 347 g/mol. The van der Waals surface area contributed by atoms with E-state index >= 15 is 0 Å². The van der Waals surface area contributed by atoms with Gasteiger partial charge in [-0.1, -0.05) is 12.8 Å². The fraction of sp³-hybridized carbons (Fsp3) is 0.588. The Morgan fingerprint density at radius 2 is 1.60 bits per heavy atom. The number of benzene rings is 1. The third kappa shape index (κ3) is 3.33. The molecule has 0 bridgehead atoms. The van der Waals surface area contributed by atoms with Gasteiger partial charge in [-0.3, -0.25) is 25.0 Å². The number of carbonyl (C=O) groups excluding carboxylic acids is 1. The first-order valence-electron chi connectivity index (χ1n) is 8.65. The van der Waals surface area contributed by atoms with Crippen molar-refractivity contribution in [1.82, 2.24) is 4.90 Å². The van der Waals surface area contributed by atoms with Gasteiger partial charge in [0.1, 0.15) is 0 Å². The smallest absolute Gasteiger partial charge is 0.277 e. The molecular formula is C17H21N3O5. The van der Waals surface area contributed by atoms with E-state index in [1.165, 1.54) is 6.42 Å². The summed E-state index contributed by atoms with van der Waals surface area (Å²) in [4.78, 5) is 35.7. The Bertz CT molecular complexity index is 688. The first kappa shape index (κ1) is 17.3. The molecule has 3 atom stereocenters. The largest absolute Gasteiger partial charge is 0.333 e. The lowest BCUT2D eigenvalue weighted by Gasteiger charge is -2.47. The second-order valence-corrected chi connectivity index (χ2v) is 7.00.